The van der Waals surface area contributed by atoms with Gasteiger partial charge in [0.25, 0.3) is 0 Å². The molecule has 0 spiro atoms. The van der Waals surface area contributed by atoms with Crippen molar-refractivity contribution in [1.82, 2.24) is 0 Å². The second-order valence-electron chi connectivity index (χ2n) is 3.52. The van der Waals surface area contributed by atoms with Crippen LogP contribution in [0.25, 0.3) is 0 Å². The maximum Gasteiger partial charge on any atom is 0.231 e. The first-order valence-electron chi connectivity index (χ1n) is 4.81. The van der Waals surface area contributed by atoms with Crippen LogP contribution in [0, 0.1) is 0 Å². The largest absolute Gasteiger partial charge is 0.493 e. The number of fused-ring (bicyclic) bond motifs is 1. The molecule has 15 heavy (non-hydrogen) atoms. The first-order valence-corrected chi connectivity index (χ1v) is 5.73. The molecule has 0 N–H and O–H groups in total. The van der Waals surface area contributed by atoms with Crippen LogP contribution in [0.4, 0.5) is 0 Å². The maximum absolute atomic E-state index is 5.35. The number of hydrogen-bond acceptors (Lipinski definition) is 3. The lowest BCUT2D eigenvalue weighted by molar-refractivity contribution is 0.171. The molecule has 0 unspecified atom stereocenters. The van der Waals surface area contributed by atoms with Crippen LogP contribution < -0.4 is 14.2 Å². The molecule has 0 amide bonds. The molecule has 1 aromatic rings. The summed E-state index contributed by atoms with van der Waals surface area (Å²) in [6.07, 6.45) is 0.938. The van der Waals surface area contributed by atoms with E-state index in [1.54, 1.807) is 7.11 Å². The molecule has 82 valence electrons. The fraction of sp³-hybridized carbons (Fsp3) is 0.455. The van der Waals surface area contributed by atoms with Crippen LogP contribution in [-0.4, -0.2) is 18.7 Å². The normalized spacial score (nSPS) is 15.1. The Morgan fingerprint density at radius 2 is 2.27 bits per heavy atom. The Morgan fingerprint density at radius 3 is 2.93 bits per heavy atom. The van der Waals surface area contributed by atoms with E-state index >= 15 is 0 Å². The van der Waals surface area contributed by atoms with E-state index in [9.17, 15) is 0 Å². The summed E-state index contributed by atoms with van der Waals surface area (Å²) in [5.41, 5.74) is 1.18. The molecule has 1 aromatic carbocycles. The Balaban J connectivity index is 2.34. The average molecular weight is 273 g/mol. The van der Waals surface area contributed by atoms with Gasteiger partial charge in [0, 0.05) is 4.83 Å². The van der Waals surface area contributed by atoms with E-state index in [-0.39, 0.29) is 6.79 Å². The van der Waals surface area contributed by atoms with E-state index in [4.69, 9.17) is 14.2 Å². The van der Waals surface area contributed by atoms with E-state index in [0.717, 1.165) is 17.9 Å². The number of ether oxygens (including phenoxy) is 3. The zero-order valence-corrected chi connectivity index (χ0v) is 10.3. The Hall–Kier alpha value is -0.900. The van der Waals surface area contributed by atoms with Crippen LogP contribution in [0.3, 0.4) is 0 Å². The van der Waals surface area contributed by atoms with Crippen LogP contribution in [0.15, 0.2) is 12.1 Å². The lowest BCUT2D eigenvalue weighted by Gasteiger charge is -2.09. The standard InChI is InChI=1S/C11H13BrO3/c1-7(12)3-8-4-9(13-2)11-10(5-8)14-6-15-11/h4-5,7H,3,6H2,1-2H3/t7-/m1/s1. The van der Waals surface area contributed by atoms with Gasteiger partial charge in [-0.2, -0.15) is 0 Å². The Morgan fingerprint density at radius 1 is 1.47 bits per heavy atom. The molecule has 0 fully saturated rings. The van der Waals surface area contributed by atoms with Crippen molar-refractivity contribution >= 4 is 15.9 Å². The van der Waals surface area contributed by atoms with Gasteiger partial charge in [0.2, 0.25) is 12.5 Å². The zero-order valence-electron chi connectivity index (χ0n) is 8.75. The van der Waals surface area contributed by atoms with Crippen molar-refractivity contribution in [3.63, 3.8) is 0 Å². The van der Waals surface area contributed by atoms with Gasteiger partial charge in [0.05, 0.1) is 7.11 Å². The van der Waals surface area contributed by atoms with Crippen molar-refractivity contribution in [2.24, 2.45) is 0 Å². The summed E-state index contributed by atoms with van der Waals surface area (Å²) >= 11 is 3.53. The minimum atomic E-state index is 0.277. The molecule has 3 nitrogen and oxygen atoms in total. The molecule has 1 atom stereocenters. The van der Waals surface area contributed by atoms with Gasteiger partial charge in [-0.05, 0) is 24.1 Å². The summed E-state index contributed by atoms with van der Waals surface area (Å²) in [6.45, 7) is 2.38. The lowest BCUT2D eigenvalue weighted by atomic mass is 10.1. The molecule has 1 aliphatic heterocycles. The van der Waals surface area contributed by atoms with Crippen LogP contribution >= 0.6 is 15.9 Å². The summed E-state index contributed by atoms with van der Waals surface area (Å²) in [5.74, 6) is 2.23. The molecule has 1 aliphatic rings. The third-order valence-electron chi connectivity index (χ3n) is 2.24. The lowest BCUT2D eigenvalue weighted by Crippen LogP contribution is -1.97. The van der Waals surface area contributed by atoms with Gasteiger partial charge in [-0.1, -0.05) is 22.9 Å². The van der Waals surface area contributed by atoms with Crippen molar-refractivity contribution in [3.8, 4) is 17.2 Å². The van der Waals surface area contributed by atoms with Gasteiger partial charge in [-0.15, -0.1) is 0 Å². The van der Waals surface area contributed by atoms with Gasteiger partial charge >= 0.3 is 0 Å². The van der Waals surface area contributed by atoms with E-state index < -0.39 is 0 Å². The fourth-order valence-corrected chi connectivity index (χ4v) is 2.00. The smallest absolute Gasteiger partial charge is 0.231 e. The summed E-state index contributed by atoms with van der Waals surface area (Å²) in [4.78, 5) is 0.433. The molecular formula is C11H13BrO3. The van der Waals surface area contributed by atoms with Crippen molar-refractivity contribution in [2.75, 3.05) is 13.9 Å². The molecular weight excluding hydrogens is 260 g/mol. The number of rotatable bonds is 3. The SMILES string of the molecule is COc1cc(C[C@@H](C)Br)cc2c1OCO2. The summed E-state index contributed by atoms with van der Waals surface area (Å²) in [6, 6.07) is 3.99. The van der Waals surface area contributed by atoms with Crippen LogP contribution in [0.1, 0.15) is 12.5 Å². The minimum absolute atomic E-state index is 0.277. The highest BCUT2D eigenvalue weighted by Gasteiger charge is 2.20. The molecule has 4 heteroatoms. The quantitative estimate of drug-likeness (QED) is 0.792. The van der Waals surface area contributed by atoms with Crippen molar-refractivity contribution in [1.29, 1.82) is 0 Å². The highest BCUT2D eigenvalue weighted by molar-refractivity contribution is 9.09. The topological polar surface area (TPSA) is 27.7 Å². The van der Waals surface area contributed by atoms with Crippen LogP contribution in [-0.2, 0) is 6.42 Å². The van der Waals surface area contributed by atoms with Gasteiger partial charge in [-0.25, -0.2) is 0 Å². The van der Waals surface area contributed by atoms with E-state index in [2.05, 4.69) is 22.9 Å². The Labute approximate surface area is 97.5 Å². The minimum Gasteiger partial charge on any atom is -0.493 e. The highest BCUT2D eigenvalue weighted by Crippen LogP contribution is 2.42. The summed E-state index contributed by atoms with van der Waals surface area (Å²) < 4.78 is 15.9. The average Bonchev–Trinajstić information content (AvgIpc) is 2.63. The number of benzene rings is 1. The molecule has 0 bridgehead atoms. The molecule has 0 aromatic heterocycles. The third-order valence-corrected chi connectivity index (χ3v) is 2.56. The zero-order chi connectivity index (χ0) is 10.8. The summed E-state index contributed by atoms with van der Waals surface area (Å²) in [7, 11) is 1.64. The number of hydrogen-bond donors (Lipinski definition) is 0. The predicted octanol–water partition coefficient (Wildman–Crippen LogP) is 2.75. The molecule has 1 heterocycles. The molecule has 2 rings (SSSR count). The molecule has 0 radical (unpaired) electrons. The summed E-state index contributed by atoms with van der Waals surface area (Å²) in [5, 5.41) is 0. The number of halogens is 1. The Kier molecular flexibility index (Phi) is 3.05. The van der Waals surface area contributed by atoms with Crippen molar-refractivity contribution in [2.45, 2.75) is 18.2 Å². The van der Waals surface area contributed by atoms with Gasteiger partial charge in [-0.3, -0.25) is 0 Å². The third kappa shape index (κ3) is 2.20. The van der Waals surface area contributed by atoms with Crippen molar-refractivity contribution < 1.29 is 14.2 Å². The predicted molar refractivity (Wildman–Crippen MR) is 61.2 cm³/mol. The first-order chi connectivity index (χ1) is 7.20. The van der Waals surface area contributed by atoms with Crippen LogP contribution in [0.2, 0.25) is 0 Å². The van der Waals surface area contributed by atoms with Gasteiger partial charge in [0.1, 0.15) is 0 Å². The molecule has 0 saturated heterocycles. The second kappa shape index (κ2) is 4.31. The monoisotopic (exact) mass is 272 g/mol. The molecule has 0 saturated carbocycles. The fourth-order valence-electron chi connectivity index (χ4n) is 1.63. The highest BCUT2D eigenvalue weighted by atomic mass is 79.9. The van der Waals surface area contributed by atoms with Crippen LogP contribution in [0.5, 0.6) is 17.2 Å². The van der Waals surface area contributed by atoms with E-state index in [0.29, 0.717) is 10.6 Å². The van der Waals surface area contributed by atoms with Gasteiger partial charge < -0.3 is 14.2 Å². The van der Waals surface area contributed by atoms with Gasteiger partial charge in [0.15, 0.2) is 11.5 Å². The number of methoxy groups -OCH3 is 1. The Bertz CT molecular complexity index is 363. The number of alkyl halides is 1. The molecule has 0 aliphatic carbocycles. The van der Waals surface area contributed by atoms with Crippen molar-refractivity contribution in [3.05, 3.63) is 17.7 Å². The van der Waals surface area contributed by atoms with E-state index in [1.807, 2.05) is 12.1 Å². The van der Waals surface area contributed by atoms with E-state index in [1.165, 1.54) is 5.56 Å². The second-order valence-corrected chi connectivity index (χ2v) is 5.08. The first kappa shape index (κ1) is 10.6. The maximum atomic E-state index is 5.35.